The molecule has 3 heteroatoms. The average Bonchev–Trinajstić information content (AvgIpc) is 2.90. The lowest BCUT2D eigenvalue weighted by atomic mass is 9.67. The van der Waals surface area contributed by atoms with Crippen LogP contribution in [0.1, 0.15) is 36.1 Å². The molecule has 3 nitrogen and oxygen atoms in total. The van der Waals surface area contributed by atoms with E-state index in [4.69, 9.17) is 5.73 Å². The van der Waals surface area contributed by atoms with Gasteiger partial charge < -0.3 is 5.73 Å². The lowest BCUT2D eigenvalue weighted by Gasteiger charge is -2.38. The fourth-order valence-corrected chi connectivity index (χ4v) is 3.60. The number of benzene rings is 1. The van der Waals surface area contributed by atoms with Crippen LogP contribution in [0.4, 0.5) is 0 Å². The van der Waals surface area contributed by atoms with E-state index in [0.717, 1.165) is 19.4 Å². The minimum atomic E-state index is 0.152. The lowest BCUT2D eigenvalue weighted by Crippen LogP contribution is -2.39. The van der Waals surface area contributed by atoms with Crippen molar-refractivity contribution in [3.63, 3.8) is 0 Å². The summed E-state index contributed by atoms with van der Waals surface area (Å²) in [7, 11) is 2.01. The van der Waals surface area contributed by atoms with Crippen molar-refractivity contribution in [2.45, 2.75) is 37.5 Å². The topological polar surface area (TPSA) is 43.8 Å². The highest BCUT2D eigenvalue weighted by atomic mass is 15.2. The molecule has 1 aromatic heterocycles. The van der Waals surface area contributed by atoms with Crippen molar-refractivity contribution < 1.29 is 0 Å². The lowest BCUT2D eigenvalue weighted by molar-refractivity contribution is 0.340. The number of rotatable bonds is 4. The summed E-state index contributed by atoms with van der Waals surface area (Å²) >= 11 is 0. The molecule has 0 amide bonds. The van der Waals surface area contributed by atoms with Crippen LogP contribution in [0.5, 0.6) is 0 Å². The number of nitrogens with two attached hydrogens (primary N) is 1. The van der Waals surface area contributed by atoms with Crippen molar-refractivity contribution in [1.29, 1.82) is 0 Å². The van der Waals surface area contributed by atoms with Gasteiger partial charge in [-0.25, -0.2) is 0 Å². The molecule has 1 aromatic carbocycles. The van der Waals surface area contributed by atoms with Gasteiger partial charge >= 0.3 is 0 Å². The van der Waals surface area contributed by atoms with Crippen LogP contribution in [-0.4, -0.2) is 16.3 Å². The highest BCUT2D eigenvalue weighted by Gasteiger charge is 2.34. The fraction of sp³-hybridized carbons (Fsp3) is 0.471. The molecule has 0 spiro atoms. The predicted octanol–water partition coefficient (Wildman–Crippen LogP) is 2.59. The van der Waals surface area contributed by atoms with Crippen molar-refractivity contribution in [2.24, 2.45) is 12.8 Å². The Kier molecular flexibility index (Phi) is 3.62. The van der Waals surface area contributed by atoms with Gasteiger partial charge in [0.05, 0.1) is 0 Å². The molecule has 0 fully saturated rings. The van der Waals surface area contributed by atoms with Gasteiger partial charge in [0, 0.05) is 30.9 Å². The van der Waals surface area contributed by atoms with Gasteiger partial charge in [-0.2, -0.15) is 5.10 Å². The van der Waals surface area contributed by atoms with Gasteiger partial charge in [-0.1, -0.05) is 24.3 Å². The van der Waals surface area contributed by atoms with Gasteiger partial charge in [0.1, 0.15) is 0 Å². The van der Waals surface area contributed by atoms with Crippen LogP contribution in [0.15, 0.2) is 36.5 Å². The Balaban J connectivity index is 1.87. The van der Waals surface area contributed by atoms with Crippen molar-refractivity contribution >= 4 is 0 Å². The van der Waals surface area contributed by atoms with Crippen LogP contribution in [0.25, 0.3) is 0 Å². The van der Waals surface area contributed by atoms with Crippen molar-refractivity contribution in [3.8, 4) is 0 Å². The third kappa shape index (κ3) is 2.27. The Bertz CT molecular complexity index is 587. The molecular formula is C17H23N3. The SMILES string of the molecule is Cn1nccc1CCC1(CN)CCCc2ccccc21. The standard InChI is InChI=1S/C17H23N3/c1-20-15(9-12-19-20)8-11-17(13-18)10-4-6-14-5-2-3-7-16(14)17/h2-3,5,7,9,12H,4,6,8,10-11,13,18H2,1H3. The summed E-state index contributed by atoms with van der Waals surface area (Å²) in [6.45, 7) is 0.738. The minimum absolute atomic E-state index is 0.152. The first-order chi connectivity index (χ1) is 9.75. The summed E-state index contributed by atoms with van der Waals surface area (Å²) in [5, 5.41) is 4.26. The average molecular weight is 269 g/mol. The molecule has 2 aromatic rings. The number of hydrogen-bond donors (Lipinski definition) is 1. The molecule has 3 rings (SSSR count). The molecular weight excluding hydrogens is 246 g/mol. The molecule has 0 saturated carbocycles. The maximum atomic E-state index is 6.21. The second-order valence-corrected chi connectivity index (χ2v) is 5.94. The van der Waals surface area contributed by atoms with E-state index in [1.54, 1.807) is 0 Å². The zero-order chi connectivity index (χ0) is 14.0. The summed E-state index contributed by atoms with van der Waals surface area (Å²) in [6, 6.07) is 11.0. The Labute approximate surface area is 120 Å². The molecule has 0 bridgehead atoms. The summed E-state index contributed by atoms with van der Waals surface area (Å²) in [5.41, 5.74) is 10.6. The quantitative estimate of drug-likeness (QED) is 0.927. The molecule has 1 unspecified atom stereocenters. The first-order valence-corrected chi connectivity index (χ1v) is 7.50. The van der Waals surface area contributed by atoms with E-state index < -0.39 is 0 Å². The van der Waals surface area contributed by atoms with Gasteiger partial charge in [0.15, 0.2) is 0 Å². The zero-order valence-electron chi connectivity index (χ0n) is 12.2. The molecule has 106 valence electrons. The van der Waals surface area contributed by atoms with Crippen LogP contribution in [-0.2, 0) is 25.3 Å². The molecule has 20 heavy (non-hydrogen) atoms. The third-order valence-corrected chi connectivity index (χ3v) is 4.86. The largest absolute Gasteiger partial charge is 0.330 e. The van der Waals surface area contributed by atoms with Gasteiger partial charge in [-0.3, -0.25) is 4.68 Å². The van der Waals surface area contributed by atoms with E-state index in [1.807, 2.05) is 17.9 Å². The van der Waals surface area contributed by atoms with Crippen LogP contribution < -0.4 is 5.73 Å². The summed E-state index contributed by atoms with van der Waals surface area (Å²) < 4.78 is 1.97. The summed E-state index contributed by atoms with van der Waals surface area (Å²) in [4.78, 5) is 0. The first kappa shape index (κ1) is 13.4. The van der Waals surface area contributed by atoms with Crippen molar-refractivity contribution in [3.05, 3.63) is 53.3 Å². The molecule has 2 N–H and O–H groups in total. The first-order valence-electron chi connectivity index (χ1n) is 7.50. The Hall–Kier alpha value is -1.61. The fourth-order valence-electron chi connectivity index (χ4n) is 3.60. The van der Waals surface area contributed by atoms with Crippen molar-refractivity contribution in [2.75, 3.05) is 6.54 Å². The highest BCUT2D eigenvalue weighted by molar-refractivity contribution is 5.37. The summed E-state index contributed by atoms with van der Waals surface area (Å²) in [6.07, 6.45) is 7.68. The maximum absolute atomic E-state index is 6.21. The molecule has 0 aliphatic heterocycles. The van der Waals surface area contributed by atoms with Gasteiger partial charge in [-0.15, -0.1) is 0 Å². The molecule has 0 saturated heterocycles. The van der Waals surface area contributed by atoms with E-state index in [1.165, 1.54) is 36.1 Å². The van der Waals surface area contributed by atoms with Crippen LogP contribution in [0.2, 0.25) is 0 Å². The Morgan fingerprint density at radius 2 is 2.15 bits per heavy atom. The van der Waals surface area contributed by atoms with E-state index in [-0.39, 0.29) is 5.41 Å². The zero-order valence-corrected chi connectivity index (χ0v) is 12.2. The number of aryl methyl sites for hydroxylation is 3. The highest BCUT2D eigenvalue weighted by Crippen LogP contribution is 2.40. The molecule has 1 atom stereocenters. The smallest absolute Gasteiger partial charge is 0.0492 e. The van der Waals surface area contributed by atoms with Crippen LogP contribution in [0, 0.1) is 0 Å². The summed E-state index contributed by atoms with van der Waals surface area (Å²) in [5.74, 6) is 0. The van der Waals surface area contributed by atoms with Crippen molar-refractivity contribution in [1.82, 2.24) is 9.78 Å². The van der Waals surface area contributed by atoms with E-state index in [0.29, 0.717) is 0 Å². The van der Waals surface area contributed by atoms with E-state index >= 15 is 0 Å². The normalized spacial score (nSPS) is 21.7. The maximum Gasteiger partial charge on any atom is 0.0492 e. The number of aromatic nitrogens is 2. The molecule has 1 aliphatic rings. The predicted molar refractivity (Wildman–Crippen MR) is 81.6 cm³/mol. The van der Waals surface area contributed by atoms with Crippen LogP contribution in [0.3, 0.4) is 0 Å². The second kappa shape index (κ2) is 5.41. The van der Waals surface area contributed by atoms with Gasteiger partial charge in [0.2, 0.25) is 0 Å². The van der Waals surface area contributed by atoms with E-state index in [2.05, 4.69) is 35.4 Å². The Morgan fingerprint density at radius 1 is 1.30 bits per heavy atom. The third-order valence-electron chi connectivity index (χ3n) is 4.86. The number of hydrogen-bond acceptors (Lipinski definition) is 2. The molecule has 1 aliphatic carbocycles. The number of fused-ring (bicyclic) bond motifs is 1. The Morgan fingerprint density at radius 3 is 2.90 bits per heavy atom. The monoisotopic (exact) mass is 269 g/mol. The van der Waals surface area contributed by atoms with E-state index in [9.17, 15) is 0 Å². The second-order valence-electron chi connectivity index (χ2n) is 5.94. The number of nitrogens with zero attached hydrogens (tertiary/aromatic N) is 2. The molecule has 1 heterocycles. The van der Waals surface area contributed by atoms with Crippen LogP contribution >= 0.6 is 0 Å². The van der Waals surface area contributed by atoms with Gasteiger partial charge in [0.25, 0.3) is 0 Å². The minimum Gasteiger partial charge on any atom is -0.330 e. The van der Waals surface area contributed by atoms with Gasteiger partial charge in [-0.05, 0) is 49.3 Å². The molecule has 0 radical (unpaired) electrons.